The molecule has 0 saturated carbocycles. The van der Waals surface area contributed by atoms with Crippen LogP contribution in [0.3, 0.4) is 0 Å². The lowest BCUT2D eigenvalue weighted by Gasteiger charge is -2.36. The van der Waals surface area contributed by atoms with Crippen molar-refractivity contribution >= 4 is 33.3 Å². The Bertz CT molecular complexity index is 1390. The lowest BCUT2D eigenvalue weighted by Crippen LogP contribution is -2.52. The zero-order valence-corrected chi connectivity index (χ0v) is 23.3. The predicted octanol–water partition coefficient (Wildman–Crippen LogP) is 4.41. The van der Waals surface area contributed by atoms with E-state index in [2.05, 4.69) is 20.5 Å². The van der Waals surface area contributed by atoms with Gasteiger partial charge in [-0.2, -0.15) is 12.7 Å². The van der Waals surface area contributed by atoms with Gasteiger partial charge in [0.05, 0.1) is 17.6 Å². The minimum Gasteiger partial charge on any atom is -0.308 e. The SMILES string of the molecule is Cc1ccc(NC(=O)Nc2cc(F)cc(CCCN3CCN(S(=O)(=O)N(C)c4ccccc4C)CC3)c2)cn1. The standard InChI is InChI=1S/C28H35FN6O3S/c1-21-7-4-5-9-27(21)33(3)39(37,38)35-15-13-34(14-16-35)12-6-8-23-17-24(29)19-26(18-23)32-28(36)31-25-11-10-22(2)30-20-25/h4-5,7,9-11,17-20H,6,8,12-16H2,1-3H3,(H2,31,32,36). The van der Waals surface area contributed by atoms with E-state index in [1.54, 1.807) is 31.4 Å². The highest BCUT2D eigenvalue weighted by Crippen LogP contribution is 2.23. The molecular formula is C28H35FN6O3S. The number of para-hydroxylation sites is 1. The molecule has 2 aromatic carbocycles. The maximum atomic E-state index is 14.2. The summed E-state index contributed by atoms with van der Waals surface area (Å²) in [5.74, 6) is -0.420. The summed E-state index contributed by atoms with van der Waals surface area (Å²) in [6, 6.07) is 15.0. The molecule has 0 unspecified atom stereocenters. The van der Waals surface area contributed by atoms with Gasteiger partial charge in [-0.25, -0.2) is 9.18 Å². The van der Waals surface area contributed by atoms with Crippen LogP contribution in [0.5, 0.6) is 0 Å². The van der Waals surface area contributed by atoms with Crippen molar-refractivity contribution in [2.75, 3.05) is 54.7 Å². The van der Waals surface area contributed by atoms with Crippen molar-refractivity contribution < 1.29 is 17.6 Å². The molecule has 2 heterocycles. The van der Waals surface area contributed by atoms with Crippen molar-refractivity contribution in [3.8, 4) is 0 Å². The van der Waals surface area contributed by atoms with Gasteiger partial charge in [0.25, 0.3) is 0 Å². The van der Waals surface area contributed by atoms with E-state index in [0.717, 1.165) is 29.8 Å². The number of rotatable bonds is 9. The minimum atomic E-state index is -3.61. The summed E-state index contributed by atoms with van der Waals surface area (Å²) in [5, 5.41) is 5.36. The number of amides is 2. The Hall–Kier alpha value is -3.54. The molecule has 1 saturated heterocycles. The molecule has 0 radical (unpaired) electrons. The number of hydrogen-bond donors (Lipinski definition) is 2. The van der Waals surface area contributed by atoms with Crippen LogP contribution in [0.1, 0.15) is 23.2 Å². The van der Waals surface area contributed by atoms with Crippen LogP contribution in [0.2, 0.25) is 0 Å². The highest BCUT2D eigenvalue weighted by atomic mass is 32.2. The van der Waals surface area contributed by atoms with E-state index in [-0.39, 0.29) is 0 Å². The molecule has 0 atom stereocenters. The Morgan fingerprint density at radius 3 is 2.41 bits per heavy atom. The van der Waals surface area contributed by atoms with Gasteiger partial charge in [-0.15, -0.1) is 0 Å². The number of urea groups is 1. The third-order valence-electron chi connectivity index (χ3n) is 6.78. The molecule has 2 amide bonds. The molecule has 3 aromatic rings. The molecule has 2 N–H and O–H groups in total. The van der Waals surface area contributed by atoms with Crippen LogP contribution in [0.4, 0.5) is 26.2 Å². The van der Waals surface area contributed by atoms with Crippen LogP contribution in [0.15, 0.2) is 60.8 Å². The maximum Gasteiger partial charge on any atom is 0.323 e. The lowest BCUT2D eigenvalue weighted by molar-refractivity contribution is 0.186. The molecule has 39 heavy (non-hydrogen) atoms. The predicted molar refractivity (Wildman–Crippen MR) is 153 cm³/mol. The Kier molecular flexibility index (Phi) is 9.16. The first-order valence-corrected chi connectivity index (χ1v) is 14.3. The number of halogens is 1. The van der Waals surface area contributed by atoms with Crippen molar-refractivity contribution in [1.82, 2.24) is 14.2 Å². The van der Waals surface area contributed by atoms with E-state index in [1.807, 2.05) is 38.1 Å². The number of piperazine rings is 1. The minimum absolute atomic E-state index is 0.374. The second-order valence-electron chi connectivity index (χ2n) is 9.72. The van der Waals surface area contributed by atoms with Crippen molar-refractivity contribution in [3.05, 3.63) is 83.4 Å². The van der Waals surface area contributed by atoms with E-state index in [4.69, 9.17) is 0 Å². The van der Waals surface area contributed by atoms with E-state index in [0.29, 0.717) is 49.7 Å². The third-order valence-corrected chi connectivity index (χ3v) is 8.69. The van der Waals surface area contributed by atoms with E-state index in [9.17, 15) is 17.6 Å². The number of hydrogen-bond acceptors (Lipinski definition) is 5. The summed E-state index contributed by atoms with van der Waals surface area (Å²) in [6.45, 7) is 6.61. The number of carbonyl (C=O) groups excluding carboxylic acids is 1. The molecule has 1 fully saturated rings. The van der Waals surface area contributed by atoms with Gasteiger partial charge in [0.2, 0.25) is 0 Å². The number of pyridine rings is 1. The van der Waals surface area contributed by atoms with Crippen LogP contribution in [0.25, 0.3) is 0 Å². The Balaban J connectivity index is 1.25. The van der Waals surface area contributed by atoms with Crippen LogP contribution in [-0.4, -0.2) is 68.4 Å². The molecule has 9 nitrogen and oxygen atoms in total. The number of nitrogens with one attached hydrogen (secondary N) is 2. The average Bonchev–Trinajstić information content (AvgIpc) is 2.90. The summed E-state index contributed by atoms with van der Waals surface area (Å²) in [6.07, 6.45) is 2.97. The monoisotopic (exact) mass is 554 g/mol. The van der Waals surface area contributed by atoms with Crippen molar-refractivity contribution in [2.24, 2.45) is 0 Å². The summed E-state index contributed by atoms with van der Waals surface area (Å²) in [7, 11) is -2.02. The fraction of sp³-hybridized carbons (Fsp3) is 0.357. The second-order valence-corrected chi connectivity index (χ2v) is 11.7. The fourth-order valence-electron chi connectivity index (χ4n) is 4.61. The largest absolute Gasteiger partial charge is 0.323 e. The van der Waals surface area contributed by atoms with Gasteiger partial charge in [-0.1, -0.05) is 18.2 Å². The van der Waals surface area contributed by atoms with Crippen molar-refractivity contribution in [1.29, 1.82) is 0 Å². The van der Waals surface area contributed by atoms with Gasteiger partial charge in [-0.3, -0.25) is 9.29 Å². The van der Waals surface area contributed by atoms with Gasteiger partial charge < -0.3 is 15.5 Å². The normalized spacial score (nSPS) is 14.7. The zero-order chi connectivity index (χ0) is 28.0. The smallest absolute Gasteiger partial charge is 0.308 e. The lowest BCUT2D eigenvalue weighted by atomic mass is 10.1. The van der Waals surface area contributed by atoms with Crippen molar-refractivity contribution in [2.45, 2.75) is 26.7 Å². The summed E-state index contributed by atoms with van der Waals surface area (Å²) >= 11 is 0. The molecule has 0 spiro atoms. The molecule has 11 heteroatoms. The van der Waals surface area contributed by atoms with E-state index < -0.39 is 22.1 Å². The van der Waals surface area contributed by atoms with Gasteiger partial charge in [0.1, 0.15) is 5.82 Å². The number of carbonyl (C=O) groups is 1. The molecule has 1 aromatic heterocycles. The number of aryl methyl sites for hydroxylation is 3. The summed E-state index contributed by atoms with van der Waals surface area (Å²) in [4.78, 5) is 18.7. The fourth-order valence-corrected chi connectivity index (χ4v) is 6.03. The summed E-state index contributed by atoms with van der Waals surface area (Å²) < 4.78 is 43.4. The van der Waals surface area contributed by atoms with Gasteiger partial charge in [0, 0.05) is 44.6 Å². The van der Waals surface area contributed by atoms with Crippen LogP contribution >= 0.6 is 0 Å². The zero-order valence-electron chi connectivity index (χ0n) is 22.5. The van der Waals surface area contributed by atoms with Crippen LogP contribution in [0, 0.1) is 19.7 Å². The van der Waals surface area contributed by atoms with Gasteiger partial charge >= 0.3 is 16.2 Å². The second kappa shape index (κ2) is 12.5. The Morgan fingerprint density at radius 1 is 1.00 bits per heavy atom. The molecular weight excluding hydrogens is 519 g/mol. The highest BCUT2D eigenvalue weighted by molar-refractivity contribution is 7.90. The molecule has 1 aliphatic rings. The molecule has 0 aliphatic carbocycles. The highest BCUT2D eigenvalue weighted by Gasteiger charge is 2.31. The maximum absolute atomic E-state index is 14.2. The number of benzene rings is 2. The number of anilines is 3. The van der Waals surface area contributed by atoms with Gasteiger partial charge in [-0.05, 0) is 80.8 Å². The Labute approximate surface area is 229 Å². The van der Waals surface area contributed by atoms with Crippen LogP contribution in [-0.2, 0) is 16.6 Å². The van der Waals surface area contributed by atoms with E-state index in [1.165, 1.54) is 20.7 Å². The average molecular weight is 555 g/mol. The first kappa shape index (κ1) is 28.5. The number of nitrogens with zero attached hydrogens (tertiary/aromatic N) is 4. The third kappa shape index (κ3) is 7.53. The van der Waals surface area contributed by atoms with Gasteiger partial charge in [0.15, 0.2) is 0 Å². The quantitative estimate of drug-likeness (QED) is 0.408. The molecule has 0 bridgehead atoms. The first-order chi connectivity index (χ1) is 18.6. The molecule has 1 aliphatic heterocycles. The summed E-state index contributed by atoms with van der Waals surface area (Å²) in [5.41, 5.74) is 4.12. The molecule has 4 rings (SSSR count). The number of aromatic nitrogens is 1. The Morgan fingerprint density at radius 2 is 1.72 bits per heavy atom. The van der Waals surface area contributed by atoms with Crippen molar-refractivity contribution in [3.63, 3.8) is 0 Å². The van der Waals surface area contributed by atoms with Crippen LogP contribution < -0.4 is 14.9 Å². The topological polar surface area (TPSA) is 97.9 Å². The first-order valence-electron chi connectivity index (χ1n) is 12.9. The molecule has 208 valence electrons. The van der Waals surface area contributed by atoms with E-state index >= 15 is 0 Å².